The highest BCUT2D eigenvalue weighted by molar-refractivity contribution is 7.92. The minimum Gasteiger partial charge on any atom is -0.313 e. The zero-order valence-corrected chi connectivity index (χ0v) is 5.53. The van der Waals surface area contributed by atoms with Crippen LogP contribution in [0.3, 0.4) is 0 Å². The smallest absolute Gasteiger partial charge is 0.165 e. The highest BCUT2D eigenvalue weighted by Crippen LogP contribution is 2.36. The summed E-state index contributed by atoms with van der Waals surface area (Å²) < 4.78 is 21.2. The first kappa shape index (κ1) is 6.04. The van der Waals surface area contributed by atoms with Gasteiger partial charge in [-0.25, -0.2) is 8.42 Å². The maximum atomic E-state index is 10.6. The number of sulfone groups is 1. The Bertz CT molecular complexity index is 190. The average molecular weight is 135 g/mol. The molecule has 0 aromatic heterocycles. The van der Waals surface area contributed by atoms with E-state index in [2.05, 4.69) is 0 Å². The fourth-order valence-electron chi connectivity index (χ4n) is 0.494. The van der Waals surface area contributed by atoms with E-state index in [1.807, 2.05) is 0 Å². The fourth-order valence-corrected chi connectivity index (χ4v) is 1.34. The third kappa shape index (κ3) is 0.736. The zero-order valence-electron chi connectivity index (χ0n) is 4.72. The van der Waals surface area contributed by atoms with Gasteiger partial charge in [-0.3, -0.25) is 0 Å². The Balaban J connectivity index is 2.90. The first-order valence-electron chi connectivity index (χ1n) is 2.44. The summed E-state index contributed by atoms with van der Waals surface area (Å²) in [6.07, 6.45) is 2.44. The molecule has 0 amide bonds. The number of hydrogen-bond acceptors (Lipinski definition) is 3. The van der Waals surface area contributed by atoms with Crippen LogP contribution < -0.4 is 5.73 Å². The molecule has 0 atom stereocenters. The van der Waals surface area contributed by atoms with Gasteiger partial charge in [0.05, 0.1) is 0 Å². The van der Waals surface area contributed by atoms with Gasteiger partial charge in [-0.05, 0) is 12.8 Å². The van der Waals surface area contributed by atoms with E-state index in [4.69, 9.17) is 5.73 Å². The largest absolute Gasteiger partial charge is 0.313 e. The van der Waals surface area contributed by atoms with Crippen molar-refractivity contribution in [3.63, 3.8) is 0 Å². The van der Waals surface area contributed by atoms with E-state index in [-0.39, 0.29) is 0 Å². The van der Waals surface area contributed by atoms with Gasteiger partial charge in [-0.15, -0.1) is 0 Å². The summed E-state index contributed by atoms with van der Waals surface area (Å²) in [5.74, 6) is 0. The lowest BCUT2D eigenvalue weighted by Crippen LogP contribution is -2.31. The Morgan fingerprint density at radius 3 is 1.88 bits per heavy atom. The second kappa shape index (κ2) is 1.25. The summed E-state index contributed by atoms with van der Waals surface area (Å²) in [6.45, 7) is 0. The van der Waals surface area contributed by atoms with Crippen LogP contribution in [0.2, 0.25) is 0 Å². The number of nitrogens with two attached hydrogens (primary N) is 1. The van der Waals surface area contributed by atoms with Gasteiger partial charge in [0.25, 0.3) is 0 Å². The van der Waals surface area contributed by atoms with E-state index >= 15 is 0 Å². The average Bonchev–Trinajstić information content (AvgIpc) is 2.16. The van der Waals surface area contributed by atoms with Crippen LogP contribution in [-0.4, -0.2) is 19.5 Å². The lowest BCUT2D eigenvalue weighted by Gasteiger charge is -2.01. The standard InChI is InChI=1S/C4H9NO2S/c1-8(6,7)4(5)2-3-4/h2-3,5H2,1H3. The lowest BCUT2D eigenvalue weighted by atomic mass is 10.8. The fraction of sp³-hybridized carbons (Fsp3) is 1.00. The quantitative estimate of drug-likeness (QED) is 0.526. The van der Waals surface area contributed by atoms with Gasteiger partial charge in [0, 0.05) is 6.26 Å². The zero-order chi connectivity index (χ0) is 6.41. The summed E-state index contributed by atoms with van der Waals surface area (Å²) in [5, 5.41) is 0. The molecule has 0 saturated heterocycles. The van der Waals surface area contributed by atoms with Crippen molar-refractivity contribution in [2.24, 2.45) is 5.73 Å². The molecule has 2 N–H and O–H groups in total. The molecule has 4 heteroatoms. The second-order valence-corrected chi connectivity index (χ2v) is 4.69. The van der Waals surface area contributed by atoms with Crippen LogP contribution >= 0.6 is 0 Å². The maximum Gasteiger partial charge on any atom is 0.165 e. The molecule has 1 aliphatic rings. The summed E-state index contributed by atoms with van der Waals surface area (Å²) in [7, 11) is -2.95. The molecule has 0 heterocycles. The molecule has 0 aliphatic heterocycles. The third-order valence-corrected chi connectivity index (χ3v) is 3.37. The van der Waals surface area contributed by atoms with Crippen LogP contribution in [0.5, 0.6) is 0 Å². The van der Waals surface area contributed by atoms with Crippen molar-refractivity contribution in [1.29, 1.82) is 0 Å². The van der Waals surface area contributed by atoms with Gasteiger partial charge < -0.3 is 5.73 Å². The van der Waals surface area contributed by atoms with Crippen LogP contribution in [0.4, 0.5) is 0 Å². The van der Waals surface area contributed by atoms with E-state index in [1.165, 1.54) is 6.26 Å². The van der Waals surface area contributed by atoms with E-state index in [0.29, 0.717) is 12.8 Å². The van der Waals surface area contributed by atoms with Crippen molar-refractivity contribution in [2.75, 3.05) is 6.26 Å². The molecule has 3 nitrogen and oxygen atoms in total. The van der Waals surface area contributed by atoms with Gasteiger partial charge in [0.1, 0.15) is 4.87 Å². The molecule has 0 aromatic carbocycles. The van der Waals surface area contributed by atoms with Crippen molar-refractivity contribution in [3.8, 4) is 0 Å². The molecule has 0 spiro atoms. The molecule has 0 unspecified atom stereocenters. The van der Waals surface area contributed by atoms with Crippen molar-refractivity contribution in [1.82, 2.24) is 0 Å². The molecule has 48 valence electrons. The Morgan fingerprint density at radius 1 is 1.50 bits per heavy atom. The van der Waals surface area contributed by atoms with Gasteiger partial charge in [-0.2, -0.15) is 0 Å². The first-order chi connectivity index (χ1) is 3.46. The van der Waals surface area contributed by atoms with E-state index in [9.17, 15) is 8.42 Å². The van der Waals surface area contributed by atoms with Crippen molar-refractivity contribution < 1.29 is 8.42 Å². The monoisotopic (exact) mass is 135 g/mol. The SMILES string of the molecule is CS(=O)(=O)C1(N)CC1. The van der Waals surface area contributed by atoms with Gasteiger partial charge in [0.2, 0.25) is 0 Å². The summed E-state index contributed by atoms with van der Waals surface area (Å²) in [6, 6.07) is 0. The van der Waals surface area contributed by atoms with Crippen molar-refractivity contribution >= 4 is 9.84 Å². The molecule has 0 radical (unpaired) electrons. The highest BCUT2D eigenvalue weighted by atomic mass is 32.2. The summed E-state index contributed by atoms with van der Waals surface area (Å²) in [5.41, 5.74) is 5.34. The minimum absolute atomic E-state index is 0.631. The summed E-state index contributed by atoms with van der Waals surface area (Å²) >= 11 is 0. The van der Waals surface area contributed by atoms with E-state index < -0.39 is 14.7 Å². The minimum atomic E-state index is -2.95. The molecular formula is C4H9NO2S. The van der Waals surface area contributed by atoms with Gasteiger partial charge in [-0.1, -0.05) is 0 Å². The third-order valence-electron chi connectivity index (χ3n) is 1.48. The second-order valence-electron chi connectivity index (χ2n) is 2.34. The number of hydrogen-bond donors (Lipinski definition) is 1. The first-order valence-corrected chi connectivity index (χ1v) is 4.33. The van der Waals surface area contributed by atoms with Crippen LogP contribution in [0, 0.1) is 0 Å². The van der Waals surface area contributed by atoms with E-state index in [0.717, 1.165) is 0 Å². The lowest BCUT2D eigenvalue weighted by molar-refractivity contribution is 0.585. The topological polar surface area (TPSA) is 60.2 Å². The molecule has 1 fully saturated rings. The normalized spacial score (nSPS) is 25.2. The van der Waals surface area contributed by atoms with Crippen molar-refractivity contribution in [2.45, 2.75) is 17.7 Å². The predicted octanol–water partition coefficient (Wildman–Crippen LogP) is -0.520. The molecule has 1 aliphatic carbocycles. The molecule has 1 rings (SSSR count). The van der Waals surface area contributed by atoms with Crippen LogP contribution in [0.25, 0.3) is 0 Å². The Hall–Kier alpha value is -0.0900. The maximum absolute atomic E-state index is 10.6. The Kier molecular flexibility index (Phi) is 0.941. The van der Waals surface area contributed by atoms with Crippen LogP contribution in [-0.2, 0) is 9.84 Å². The molecule has 0 bridgehead atoms. The van der Waals surface area contributed by atoms with E-state index in [1.54, 1.807) is 0 Å². The van der Waals surface area contributed by atoms with Crippen molar-refractivity contribution in [3.05, 3.63) is 0 Å². The molecule has 8 heavy (non-hydrogen) atoms. The Labute approximate surface area is 48.8 Å². The molecule has 1 saturated carbocycles. The predicted molar refractivity (Wildman–Crippen MR) is 31.0 cm³/mol. The Morgan fingerprint density at radius 2 is 1.88 bits per heavy atom. The van der Waals surface area contributed by atoms with Crippen LogP contribution in [0.1, 0.15) is 12.8 Å². The number of rotatable bonds is 1. The molecular weight excluding hydrogens is 126 g/mol. The molecule has 0 aromatic rings. The summed E-state index contributed by atoms with van der Waals surface area (Å²) in [4.78, 5) is -0.840. The van der Waals surface area contributed by atoms with Gasteiger partial charge >= 0.3 is 0 Å². The highest BCUT2D eigenvalue weighted by Gasteiger charge is 2.48. The van der Waals surface area contributed by atoms with Crippen LogP contribution in [0.15, 0.2) is 0 Å². The van der Waals surface area contributed by atoms with Gasteiger partial charge in [0.15, 0.2) is 9.84 Å².